The lowest BCUT2D eigenvalue weighted by atomic mass is 9.72. The number of amides is 2. The van der Waals surface area contributed by atoms with Gasteiger partial charge >= 0.3 is 5.97 Å². The lowest BCUT2D eigenvalue weighted by molar-refractivity contribution is -0.0930. The fourth-order valence-corrected chi connectivity index (χ4v) is 18.1. The molecule has 2 spiro atoms. The third-order valence-electron chi connectivity index (χ3n) is 24.7. The van der Waals surface area contributed by atoms with Gasteiger partial charge in [-0.2, -0.15) is 9.90 Å². The monoisotopic (exact) mass is 1970 g/mol. The number of fused-ring (bicyclic) bond motifs is 4. The lowest BCUT2D eigenvalue weighted by Gasteiger charge is -2.53. The minimum Gasteiger partial charge on any atom is -0.483 e. The van der Waals surface area contributed by atoms with E-state index in [1.165, 1.54) is 42.2 Å². The molecule has 3 aliphatic carbocycles. The van der Waals surface area contributed by atoms with E-state index in [0.29, 0.717) is 64.7 Å². The molecule has 3 aromatic heterocycles. The maximum absolute atomic E-state index is 14.5. The number of ketones is 3. The molecular weight excluding hydrogens is 1860 g/mol. The van der Waals surface area contributed by atoms with Crippen LogP contribution in [0.4, 0.5) is 13.2 Å². The highest BCUT2D eigenvalue weighted by Crippen LogP contribution is 2.49. The number of nitrogens with two attached hydrogens (primary N) is 1. The Bertz CT molecular complexity index is 6190. The van der Waals surface area contributed by atoms with Crippen LogP contribution in [0.1, 0.15) is 192 Å². The maximum Gasteiger partial charge on any atom is 0.378 e. The minimum absolute atomic E-state index is 0. The largest absolute Gasteiger partial charge is 0.483 e. The van der Waals surface area contributed by atoms with Crippen LogP contribution in [0, 0.1) is 17.5 Å². The Kier molecular flexibility index (Phi) is 38.0. The quantitative estimate of drug-likeness (QED) is 0.0215. The highest BCUT2D eigenvalue weighted by Gasteiger charge is 2.55. The van der Waals surface area contributed by atoms with Gasteiger partial charge < -0.3 is 67.6 Å². The number of aryl methyl sites for hydroxylation is 3. The first-order valence-electron chi connectivity index (χ1n) is 44.9. The number of nitrogens with one attached hydrogen (secondary N) is 1. The molecule has 139 heavy (non-hydrogen) atoms. The van der Waals surface area contributed by atoms with E-state index in [9.17, 15) is 56.3 Å². The third-order valence-corrected chi connectivity index (χ3v) is 25.6. The summed E-state index contributed by atoms with van der Waals surface area (Å²) < 4.78 is 92.8. The number of nitrogens with zero attached hydrogens (tertiary/aromatic N) is 4. The number of Topliss-reactive ketones (excluding diaryl/α,β-unsaturated/α-hetero) is 3. The van der Waals surface area contributed by atoms with Crippen molar-refractivity contribution in [1.82, 2.24) is 24.3 Å². The van der Waals surface area contributed by atoms with Gasteiger partial charge in [-0.25, -0.2) is 18.0 Å². The summed E-state index contributed by atoms with van der Waals surface area (Å²) in [5, 5.41) is 3.02. The van der Waals surface area contributed by atoms with Crippen molar-refractivity contribution in [2.24, 2.45) is 5.73 Å². The van der Waals surface area contributed by atoms with Gasteiger partial charge in [-0.15, -0.1) is 0 Å². The smallest absolute Gasteiger partial charge is 0.378 e. The summed E-state index contributed by atoms with van der Waals surface area (Å²) in [6.45, 7) is 5.01. The van der Waals surface area contributed by atoms with E-state index in [-0.39, 0.29) is 191 Å². The van der Waals surface area contributed by atoms with E-state index in [2.05, 4.69) is 17.4 Å². The highest BCUT2D eigenvalue weighted by atomic mass is 35.5. The SMILES string of the molecule is C.C.CCOC(=O)c1occ(C(=O)CCc2cccc(Cl)c2F)c(=O)c1OCc1ccccc1.CN1CC2(CC(OCc3ccccc3)C2)n2cc(C(=O)CCc3cccc(Cl)c3F)c(=O)c(OCc3ccccc3)c2C1=O.CN1CC2(CC(OCc3ccccc3)C2)n2cc(C(=O)CCc3cccc(Cl)c3F)c(=O)c(OCc3ccccc3)c2C1=O.CNCC1(N)CC(OCc2ccccc2)C1.P. The number of esters is 1. The lowest BCUT2D eigenvalue weighted by Crippen LogP contribution is -2.61. The first kappa shape index (κ1) is 107. The van der Waals surface area contributed by atoms with Crippen molar-refractivity contribution in [2.75, 3.05) is 47.4 Å². The highest BCUT2D eigenvalue weighted by molar-refractivity contribution is 6.92. The summed E-state index contributed by atoms with van der Waals surface area (Å²) >= 11 is 17.6. The average Bonchev–Trinajstić information content (AvgIpc) is 0.712. The molecule has 5 aliphatic rings. The molecular formula is C109H115Cl3F3N6O17P. The van der Waals surface area contributed by atoms with Crippen LogP contribution in [0.5, 0.6) is 17.2 Å². The molecule has 0 saturated heterocycles. The summed E-state index contributed by atoms with van der Waals surface area (Å²) in [4.78, 5) is 123. The Balaban J connectivity index is 0.000000185. The summed E-state index contributed by atoms with van der Waals surface area (Å²) in [5.74, 6) is -6.04. The predicted molar refractivity (Wildman–Crippen MR) is 535 cm³/mol. The van der Waals surface area contributed by atoms with Crippen LogP contribution in [0.25, 0.3) is 0 Å². The van der Waals surface area contributed by atoms with Gasteiger partial charge in [-0.3, -0.25) is 38.4 Å². The Labute approximate surface area is 824 Å². The average molecular weight is 1980 g/mol. The number of halogens is 6. The van der Waals surface area contributed by atoms with E-state index in [1.807, 2.05) is 153 Å². The first-order valence-corrected chi connectivity index (χ1v) is 46.0. The number of carbonyl (C=O) groups is 6. The van der Waals surface area contributed by atoms with Crippen LogP contribution in [0.3, 0.4) is 0 Å². The second kappa shape index (κ2) is 49.4. The zero-order valence-electron chi connectivity index (χ0n) is 76.3. The molecule has 3 N–H and O–H groups in total. The number of hydrogen-bond acceptors (Lipinski definition) is 19. The normalized spacial score (nSPS) is 17.8. The number of carbonyl (C=O) groups excluding carboxylic acids is 6. The number of aromatic nitrogens is 2. The Morgan fingerprint density at radius 3 is 1.04 bits per heavy atom. The van der Waals surface area contributed by atoms with Crippen LogP contribution >= 0.6 is 44.7 Å². The molecule has 730 valence electrons. The Hall–Kier alpha value is -12.5. The molecule has 0 bridgehead atoms. The fraction of sp³-hybridized carbons (Fsp3) is 0.312. The minimum atomic E-state index is -0.882. The number of likely N-dealkylation sites (N-methyl/N-ethyl adjacent to an activating group) is 3. The zero-order valence-corrected chi connectivity index (χ0v) is 80.0. The molecule has 3 fully saturated rings. The molecule has 17 rings (SSSR count). The van der Waals surface area contributed by atoms with Crippen LogP contribution < -0.4 is 41.5 Å². The molecule has 23 nitrogen and oxygen atoms in total. The molecule has 0 radical (unpaired) electrons. The van der Waals surface area contributed by atoms with Gasteiger partial charge in [0.1, 0.15) is 49.1 Å². The van der Waals surface area contributed by atoms with Crippen molar-refractivity contribution < 1.29 is 79.5 Å². The van der Waals surface area contributed by atoms with Crippen molar-refractivity contribution in [3.63, 3.8) is 0 Å². The second-order valence-electron chi connectivity index (χ2n) is 34.6. The van der Waals surface area contributed by atoms with Gasteiger partial charge in [-0.05, 0) is 140 Å². The van der Waals surface area contributed by atoms with Crippen molar-refractivity contribution in [1.29, 1.82) is 0 Å². The van der Waals surface area contributed by atoms with Gasteiger partial charge in [0.2, 0.25) is 22.0 Å². The Morgan fingerprint density at radius 1 is 0.424 bits per heavy atom. The summed E-state index contributed by atoms with van der Waals surface area (Å²) in [5.41, 5.74) is 9.12. The first-order chi connectivity index (χ1) is 65.6. The number of hydrogen-bond donors (Lipinski definition) is 2. The molecule has 3 saturated carbocycles. The van der Waals surface area contributed by atoms with Gasteiger partial charge in [0.05, 0.1) is 82.0 Å². The molecule has 1 unspecified atom stereocenters. The van der Waals surface area contributed by atoms with Gasteiger partial charge in [0.25, 0.3) is 17.6 Å². The van der Waals surface area contributed by atoms with E-state index in [1.54, 1.807) is 94.6 Å². The molecule has 30 heteroatoms. The van der Waals surface area contributed by atoms with Gasteiger partial charge in [-0.1, -0.05) is 268 Å². The molecule has 9 aromatic carbocycles. The van der Waals surface area contributed by atoms with Gasteiger partial charge in [0, 0.05) is 70.9 Å². The number of pyridine rings is 2. The van der Waals surface area contributed by atoms with Crippen molar-refractivity contribution in [3.05, 3.63) is 402 Å². The molecule has 12 aromatic rings. The van der Waals surface area contributed by atoms with Crippen LogP contribution in [-0.2, 0) is 88.9 Å². The number of ether oxygens (including phenoxy) is 7. The van der Waals surface area contributed by atoms with Crippen molar-refractivity contribution in [2.45, 2.75) is 173 Å². The Morgan fingerprint density at radius 2 is 0.719 bits per heavy atom. The van der Waals surface area contributed by atoms with E-state index in [4.69, 9.17) is 78.1 Å². The van der Waals surface area contributed by atoms with E-state index >= 15 is 0 Å². The van der Waals surface area contributed by atoms with Crippen LogP contribution in [0.15, 0.2) is 274 Å². The standard InChI is InChI=1S/2C35H32ClFN2O5.C24H20ClFO6.C13H20N2O.2CH4.H3P/c2*1-38-22-35(17-26(18-35)43-20-23-9-4-2-5-10-23)39-19-27(29(40)16-15-25-13-8-14-28(36)30(25)37)32(41)33(31(39)34(38)42)44-21-24-11-6-3-7-12-24;1-2-30-24(29)23-22(31-13-15-7-4-3-5-8-15)21(28)17(14-32-23)19(27)12-11-16-9-6-10-18(25)20(16)26;1-15-10-13(14)7-12(8-13)16-9-11-5-3-2-4-6-11;;;/h2*2-14,19,26H,15-18,20-22H2,1H3;3-10,14H,2,11-13H2,1H3;2-6,12,15H,7-10,14H2,1H3;2*1H4;1H3. The maximum atomic E-state index is 14.5. The zero-order chi connectivity index (χ0) is 96.2. The molecule has 2 amide bonds. The number of benzene rings is 9. The topological polar surface area (TPSA) is 286 Å². The predicted octanol–water partition coefficient (Wildman–Crippen LogP) is 20.0. The van der Waals surface area contributed by atoms with E-state index in [0.717, 1.165) is 53.5 Å². The number of rotatable bonds is 34. The van der Waals surface area contributed by atoms with Crippen LogP contribution in [-0.4, -0.2) is 125 Å². The summed E-state index contributed by atoms with van der Waals surface area (Å²) in [7, 11) is 5.35. The third kappa shape index (κ3) is 26.2. The molecule has 5 heterocycles. The summed E-state index contributed by atoms with van der Waals surface area (Å²) in [6, 6.07) is 71.3. The van der Waals surface area contributed by atoms with E-state index < -0.39 is 79.6 Å². The molecule has 2 aliphatic heterocycles. The second-order valence-corrected chi connectivity index (χ2v) is 35.8. The van der Waals surface area contributed by atoms with Crippen molar-refractivity contribution >= 4 is 79.8 Å². The summed E-state index contributed by atoms with van der Waals surface area (Å²) in [6.07, 6.45) is 8.14. The van der Waals surface area contributed by atoms with Crippen LogP contribution in [0.2, 0.25) is 15.1 Å². The molecule has 1 atom stereocenters. The van der Waals surface area contributed by atoms with Crippen molar-refractivity contribution in [3.8, 4) is 17.2 Å². The fourth-order valence-electron chi connectivity index (χ4n) is 17.5. The van der Waals surface area contributed by atoms with Gasteiger partial charge in [0.15, 0.2) is 40.2 Å².